The van der Waals surface area contributed by atoms with Crippen molar-refractivity contribution in [1.29, 1.82) is 0 Å². The third-order valence-corrected chi connectivity index (χ3v) is 5.30. The van der Waals surface area contributed by atoms with E-state index in [1.807, 2.05) is 48.8 Å². The molecule has 0 aliphatic carbocycles. The Morgan fingerprint density at radius 3 is 2.96 bits per heavy atom. The molecule has 1 aliphatic rings. The highest BCUT2D eigenvalue weighted by molar-refractivity contribution is 7.13. The molecule has 3 heterocycles. The Hall–Kier alpha value is -2.60. The van der Waals surface area contributed by atoms with E-state index in [1.165, 1.54) is 5.56 Å². The van der Waals surface area contributed by atoms with Gasteiger partial charge in [-0.3, -0.25) is 9.48 Å². The first-order chi connectivity index (χ1) is 12.1. The van der Waals surface area contributed by atoms with Crippen molar-refractivity contribution in [2.45, 2.75) is 12.5 Å². The molecule has 2 aromatic heterocycles. The summed E-state index contributed by atoms with van der Waals surface area (Å²) in [6.07, 6.45) is 0.822. The number of carbonyl (C=O) groups is 1. The minimum Gasteiger partial charge on any atom is -0.488 e. The Morgan fingerprint density at radius 1 is 1.36 bits per heavy atom. The van der Waals surface area contributed by atoms with Gasteiger partial charge in [0.05, 0.1) is 17.1 Å². The Labute approximate surface area is 150 Å². The Morgan fingerprint density at radius 2 is 2.20 bits per heavy atom. The van der Waals surface area contributed by atoms with Crippen LogP contribution in [0.1, 0.15) is 16.1 Å². The van der Waals surface area contributed by atoms with E-state index in [4.69, 9.17) is 4.74 Å². The van der Waals surface area contributed by atoms with Crippen molar-refractivity contribution in [3.8, 4) is 16.3 Å². The number of carbonyl (C=O) groups excluding carboxylic acids is 1. The summed E-state index contributed by atoms with van der Waals surface area (Å²) >= 11 is 1.64. The molecule has 4 rings (SSSR count). The number of hydrogen-bond donors (Lipinski definition) is 0. The predicted octanol–water partition coefficient (Wildman–Crippen LogP) is 3.22. The molecule has 25 heavy (non-hydrogen) atoms. The normalized spacial score (nSPS) is 15.7. The molecular formula is C19H19N3O2S. The number of aromatic nitrogens is 2. The van der Waals surface area contributed by atoms with Gasteiger partial charge in [-0.2, -0.15) is 5.10 Å². The van der Waals surface area contributed by atoms with Gasteiger partial charge in [-0.05, 0) is 29.1 Å². The zero-order chi connectivity index (χ0) is 17.4. The molecule has 0 fully saturated rings. The Balaban J connectivity index is 1.46. The van der Waals surface area contributed by atoms with Crippen LogP contribution in [-0.2, 0) is 13.5 Å². The van der Waals surface area contributed by atoms with Crippen molar-refractivity contribution in [2.24, 2.45) is 7.05 Å². The van der Waals surface area contributed by atoms with E-state index in [1.54, 1.807) is 28.0 Å². The maximum atomic E-state index is 12.7. The molecule has 1 atom stereocenters. The van der Waals surface area contributed by atoms with Crippen LogP contribution in [0.5, 0.6) is 5.75 Å². The summed E-state index contributed by atoms with van der Waals surface area (Å²) in [4.78, 5) is 15.5. The van der Waals surface area contributed by atoms with Crippen LogP contribution in [0.15, 0.2) is 47.8 Å². The lowest BCUT2D eigenvalue weighted by atomic mass is 10.1. The first kappa shape index (κ1) is 15.9. The number of amides is 1. The van der Waals surface area contributed by atoms with Gasteiger partial charge in [0, 0.05) is 20.5 Å². The number of para-hydroxylation sites is 1. The molecule has 0 saturated heterocycles. The average Bonchev–Trinajstić information content (AvgIpc) is 3.32. The molecule has 1 amide bonds. The summed E-state index contributed by atoms with van der Waals surface area (Å²) in [5, 5.41) is 6.41. The Kier molecular flexibility index (Phi) is 4.05. The topological polar surface area (TPSA) is 47.4 Å². The molecule has 128 valence electrons. The third-order valence-electron chi connectivity index (χ3n) is 4.41. The third kappa shape index (κ3) is 3.05. The summed E-state index contributed by atoms with van der Waals surface area (Å²) in [6.45, 7) is 0.540. The second-order valence-electron chi connectivity index (χ2n) is 6.25. The van der Waals surface area contributed by atoms with Gasteiger partial charge >= 0.3 is 0 Å². The first-order valence-electron chi connectivity index (χ1n) is 8.20. The second kappa shape index (κ2) is 6.37. The molecule has 1 aliphatic heterocycles. The van der Waals surface area contributed by atoms with E-state index in [2.05, 4.69) is 11.2 Å². The number of fused-ring (bicyclic) bond motifs is 1. The van der Waals surface area contributed by atoms with Gasteiger partial charge in [0.15, 0.2) is 5.69 Å². The van der Waals surface area contributed by atoms with E-state index in [-0.39, 0.29) is 12.0 Å². The molecule has 0 spiro atoms. The Bertz CT molecular complexity index is 876. The lowest BCUT2D eigenvalue weighted by molar-refractivity contribution is 0.0724. The molecule has 6 heteroatoms. The number of likely N-dealkylation sites (N-methyl/N-ethyl adjacent to an activating group) is 1. The maximum Gasteiger partial charge on any atom is 0.274 e. The molecule has 1 unspecified atom stereocenters. The van der Waals surface area contributed by atoms with Gasteiger partial charge in [-0.15, -0.1) is 11.3 Å². The minimum absolute atomic E-state index is 0.00757. The summed E-state index contributed by atoms with van der Waals surface area (Å²) in [5.41, 5.74) is 2.62. The zero-order valence-electron chi connectivity index (χ0n) is 14.2. The molecule has 0 saturated carbocycles. The van der Waals surface area contributed by atoms with Crippen LogP contribution >= 0.6 is 11.3 Å². The van der Waals surface area contributed by atoms with Crippen molar-refractivity contribution in [1.82, 2.24) is 14.7 Å². The number of nitrogens with zero attached hydrogens (tertiary/aromatic N) is 3. The standard InChI is InChI=1S/C19H19N3O2S/c1-21(12-14-10-13-6-3-4-7-17(13)24-14)19(23)15-11-16(22(2)20-15)18-8-5-9-25-18/h3-9,11,14H,10,12H2,1-2H3. The van der Waals surface area contributed by atoms with Gasteiger partial charge in [0.25, 0.3) is 5.91 Å². The van der Waals surface area contributed by atoms with Gasteiger partial charge in [0.1, 0.15) is 11.9 Å². The number of ether oxygens (including phenoxy) is 1. The first-order valence-corrected chi connectivity index (χ1v) is 9.07. The van der Waals surface area contributed by atoms with Gasteiger partial charge in [-0.25, -0.2) is 0 Å². The highest BCUT2D eigenvalue weighted by Crippen LogP contribution is 2.29. The van der Waals surface area contributed by atoms with Crippen molar-refractivity contribution >= 4 is 17.2 Å². The maximum absolute atomic E-state index is 12.7. The van der Waals surface area contributed by atoms with Crippen molar-refractivity contribution in [3.05, 3.63) is 59.1 Å². The highest BCUT2D eigenvalue weighted by atomic mass is 32.1. The zero-order valence-corrected chi connectivity index (χ0v) is 15.0. The minimum atomic E-state index is -0.0852. The van der Waals surface area contributed by atoms with E-state index in [0.717, 1.165) is 22.7 Å². The SMILES string of the molecule is CN(CC1Cc2ccccc2O1)C(=O)c1cc(-c2cccs2)n(C)n1. The smallest absolute Gasteiger partial charge is 0.274 e. The lowest BCUT2D eigenvalue weighted by Gasteiger charge is -2.20. The van der Waals surface area contributed by atoms with Crippen molar-refractivity contribution in [2.75, 3.05) is 13.6 Å². The van der Waals surface area contributed by atoms with Gasteiger partial charge in [0.2, 0.25) is 0 Å². The van der Waals surface area contributed by atoms with Crippen LogP contribution in [0, 0.1) is 0 Å². The number of benzene rings is 1. The molecule has 0 N–H and O–H groups in total. The van der Waals surface area contributed by atoms with Crippen LogP contribution in [0.4, 0.5) is 0 Å². The van der Waals surface area contributed by atoms with Crippen LogP contribution < -0.4 is 4.74 Å². The van der Waals surface area contributed by atoms with Gasteiger partial charge in [-0.1, -0.05) is 24.3 Å². The highest BCUT2D eigenvalue weighted by Gasteiger charge is 2.26. The molecule has 3 aromatic rings. The monoisotopic (exact) mass is 353 g/mol. The quantitative estimate of drug-likeness (QED) is 0.723. The molecular weight excluding hydrogens is 334 g/mol. The molecule has 0 bridgehead atoms. The number of hydrogen-bond acceptors (Lipinski definition) is 4. The summed E-state index contributed by atoms with van der Waals surface area (Å²) < 4.78 is 7.69. The lowest BCUT2D eigenvalue weighted by Crippen LogP contribution is -2.36. The van der Waals surface area contributed by atoms with Crippen LogP contribution in [0.2, 0.25) is 0 Å². The predicted molar refractivity (Wildman–Crippen MR) is 98.0 cm³/mol. The molecule has 0 radical (unpaired) electrons. The number of aryl methyl sites for hydroxylation is 1. The van der Waals surface area contributed by atoms with Crippen LogP contribution in [0.25, 0.3) is 10.6 Å². The summed E-state index contributed by atoms with van der Waals surface area (Å²) in [5.74, 6) is 0.837. The van der Waals surface area contributed by atoms with E-state index in [9.17, 15) is 4.79 Å². The van der Waals surface area contributed by atoms with E-state index >= 15 is 0 Å². The van der Waals surface area contributed by atoms with Crippen LogP contribution in [-0.4, -0.2) is 40.3 Å². The van der Waals surface area contributed by atoms with Gasteiger partial charge < -0.3 is 9.64 Å². The number of rotatable bonds is 4. The number of thiophene rings is 1. The summed E-state index contributed by atoms with van der Waals surface area (Å²) in [6, 6.07) is 13.9. The second-order valence-corrected chi connectivity index (χ2v) is 7.20. The average molecular weight is 353 g/mol. The van der Waals surface area contributed by atoms with E-state index in [0.29, 0.717) is 12.2 Å². The van der Waals surface area contributed by atoms with Crippen molar-refractivity contribution in [3.63, 3.8) is 0 Å². The largest absolute Gasteiger partial charge is 0.488 e. The van der Waals surface area contributed by atoms with Crippen molar-refractivity contribution < 1.29 is 9.53 Å². The fourth-order valence-corrected chi connectivity index (χ4v) is 3.94. The molecule has 1 aromatic carbocycles. The molecule has 5 nitrogen and oxygen atoms in total. The fraction of sp³-hybridized carbons (Fsp3) is 0.263. The summed E-state index contributed by atoms with van der Waals surface area (Å²) in [7, 11) is 3.66. The van der Waals surface area contributed by atoms with E-state index < -0.39 is 0 Å². The fourth-order valence-electron chi connectivity index (χ4n) is 3.17. The van der Waals surface area contributed by atoms with Crippen LogP contribution in [0.3, 0.4) is 0 Å².